The molecule has 0 amide bonds. The van der Waals surface area contributed by atoms with Crippen LogP contribution in [0.5, 0.6) is 0 Å². The number of allylic oxidation sites excluding steroid dienone is 1. The number of sulfonamides is 1. The first-order chi connectivity index (χ1) is 17.5. The van der Waals surface area contributed by atoms with Gasteiger partial charge >= 0.3 is 0 Å². The minimum atomic E-state index is -3.69. The summed E-state index contributed by atoms with van der Waals surface area (Å²) in [5.41, 5.74) is 7.19. The van der Waals surface area contributed by atoms with Crippen molar-refractivity contribution in [3.63, 3.8) is 0 Å². The van der Waals surface area contributed by atoms with E-state index in [0.717, 1.165) is 55.7 Å². The van der Waals surface area contributed by atoms with Crippen molar-refractivity contribution in [3.8, 4) is 0 Å². The molecular formula is C31H32N2O2S. The van der Waals surface area contributed by atoms with Crippen LogP contribution >= 0.6 is 0 Å². The van der Waals surface area contributed by atoms with Crippen LogP contribution in [0.4, 0.5) is 5.69 Å². The minimum absolute atomic E-state index is 0.163. The van der Waals surface area contributed by atoms with E-state index < -0.39 is 10.0 Å². The summed E-state index contributed by atoms with van der Waals surface area (Å²) in [7, 11) is -3.69. The first kappa shape index (κ1) is 23.3. The molecule has 5 heteroatoms. The molecule has 3 aromatic carbocycles. The summed E-state index contributed by atoms with van der Waals surface area (Å²) in [5, 5.41) is 0. The fourth-order valence-electron chi connectivity index (χ4n) is 6.02. The van der Waals surface area contributed by atoms with Gasteiger partial charge in [0, 0.05) is 25.6 Å². The lowest BCUT2D eigenvalue weighted by Crippen LogP contribution is -2.46. The molecule has 0 aromatic heterocycles. The number of para-hydroxylation sites is 1. The van der Waals surface area contributed by atoms with E-state index >= 15 is 0 Å². The van der Waals surface area contributed by atoms with Crippen molar-refractivity contribution in [1.29, 1.82) is 0 Å². The summed E-state index contributed by atoms with van der Waals surface area (Å²) in [6.45, 7) is 5.05. The lowest BCUT2D eigenvalue weighted by molar-refractivity contribution is 0.246. The molecule has 0 saturated carbocycles. The van der Waals surface area contributed by atoms with E-state index in [-0.39, 0.29) is 12.0 Å². The van der Waals surface area contributed by atoms with Crippen molar-refractivity contribution in [2.45, 2.75) is 43.7 Å². The number of aryl methyl sites for hydroxylation is 1. The molecule has 2 heterocycles. The number of hydrogen-bond acceptors (Lipinski definition) is 3. The van der Waals surface area contributed by atoms with Crippen LogP contribution in [0, 0.1) is 12.8 Å². The van der Waals surface area contributed by atoms with Gasteiger partial charge < -0.3 is 0 Å². The first-order valence-corrected chi connectivity index (χ1v) is 14.3. The highest BCUT2D eigenvalue weighted by Gasteiger charge is 2.44. The number of rotatable bonds is 4. The van der Waals surface area contributed by atoms with Gasteiger partial charge in [0.25, 0.3) is 10.0 Å². The summed E-state index contributed by atoms with van der Waals surface area (Å²) >= 11 is 0. The fourth-order valence-corrected chi connectivity index (χ4v) is 7.70. The smallest absolute Gasteiger partial charge is 0.264 e. The summed E-state index contributed by atoms with van der Waals surface area (Å²) in [5.74, 6) is 0.163. The van der Waals surface area contributed by atoms with Crippen LogP contribution in [0.3, 0.4) is 0 Å². The van der Waals surface area contributed by atoms with E-state index in [1.165, 1.54) is 16.7 Å². The van der Waals surface area contributed by atoms with Crippen molar-refractivity contribution in [2.75, 3.05) is 17.4 Å². The zero-order chi connectivity index (χ0) is 24.7. The summed E-state index contributed by atoms with van der Waals surface area (Å²) in [6, 6.07) is 25.7. The van der Waals surface area contributed by atoms with Crippen LogP contribution in [0.25, 0.3) is 0 Å². The molecule has 2 atom stereocenters. The lowest BCUT2D eigenvalue weighted by atomic mass is 9.82. The second kappa shape index (κ2) is 9.38. The molecule has 0 N–H and O–H groups in total. The topological polar surface area (TPSA) is 40.6 Å². The number of benzene rings is 3. The van der Waals surface area contributed by atoms with E-state index in [2.05, 4.69) is 53.5 Å². The average molecular weight is 497 g/mol. The molecule has 3 aliphatic rings. The Hall–Kier alpha value is -3.15. The highest BCUT2D eigenvalue weighted by molar-refractivity contribution is 7.92. The maximum absolute atomic E-state index is 14.0. The normalized spacial score (nSPS) is 22.0. The van der Waals surface area contributed by atoms with Gasteiger partial charge in [-0.3, -0.25) is 9.21 Å². The third-order valence-electron chi connectivity index (χ3n) is 7.92. The predicted octanol–water partition coefficient (Wildman–Crippen LogP) is 5.89. The second-order valence-corrected chi connectivity index (χ2v) is 12.0. The zero-order valence-corrected chi connectivity index (χ0v) is 21.5. The Balaban J connectivity index is 1.29. The standard InChI is InChI=1S/C31H32N2O2S/c1-23-11-13-27(14-12-23)36(34,35)33-30-10-6-5-9-26(30)21-29-28(15-16-31(29)33)25-17-19-32(20-18-25)22-24-7-3-2-4-8-24/h2-16,29,31H,17-22H2,1H3. The third kappa shape index (κ3) is 4.21. The molecule has 0 bridgehead atoms. The number of anilines is 1. The molecule has 184 valence electrons. The van der Waals surface area contributed by atoms with Crippen LogP contribution in [-0.4, -0.2) is 32.4 Å². The van der Waals surface area contributed by atoms with Gasteiger partial charge in [-0.2, -0.15) is 0 Å². The Labute approximate surface area is 214 Å². The van der Waals surface area contributed by atoms with Gasteiger partial charge in [-0.15, -0.1) is 0 Å². The number of likely N-dealkylation sites (tertiary alicyclic amines) is 1. The van der Waals surface area contributed by atoms with Gasteiger partial charge in [0.1, 0.15) is 0 Å². The first-order valence-electron chi connectivity index (χ1n) is 12.9. The monoisotopic (exact) mass is 496 g/mol. The Morgan fingerprint density at radius 2 is 1.56 bits per heavy atom. The van der Waals surface area contributed by atoms with Crippen LogP contribution in [0.2, 0.25) is 0 Å². The van der Waals surface area contributed by atoms with E-state index in [1.54, 1.807) is 16.4 Å². The molecule has 36 heavy (non-hydrogen) atoms. The van der Waals surface area contributed by atoms with Crippen molar-refractivity contribution in [3.05, 3.63) is 119 Å². The van der Waals surface area contributed by atoms with Gasteiger partial charge in [-0.25, -0.2) is 8.42 Å². The molecule has 6 rings (SSSR count). The van der Waals surface area contributed by atoms with E-state index in [9.17, 15) is 8.42 Å². The van der Waals surface area contributed by atoms with Gasteiger partial charge in [-0.1, -0.05) is 84.0 Å². The number of hydrogen-bond donors (Lipinski definition) is 0. The van der Waals surface area contributed by atoms with Gasteiger partial charge in [0.15, 0.2) is 0 Å². The highest BCUT2D eigenvalue weighted by atomic mass is 32.2. The van der Waals surface area contributed by atoms with Crippen LogP contribution in [0.15, 0.2) is 107 Å². The van der Waals surface area contributed by atoms with E-state index in [0.29, 0.717) is 4.90 Å². The fraction of sp³-hybridized carbons (Fsp3) is 0.290. The van der Waals surface area contributed by atoms with Gasteiger partial charge in [0.05, 0.1) is 16.6 Å². The number of fused-ring (bicyclic) bond motifs is 2. The third-order valence-corrected chi connectivity index (χ3v) is 9.74. The number of nitrogens with zero attached hydrogens (tertiary/aromatic N) is 2. The quantitative estimate of drug-likeness (QED) is 0.452. The molecule has 3 aromatic rings. The SMILES string of the molecule is Cc1ccc(S(=O)(=O)N2c3ccccc3CC3C(=C4CCN(Cc5ccccc5)CC4)C=CC32)cc1. The van der Waals surface area contributed by atoms with Gasteiger partial charge in [0.2, 0.25) is 0 Å². The van der Waals surface area contributed by atoms with E-state index in [4.69, 9.17) is 0 Å². The van der Waals surface area contributed by atoms with Crippen LogP contribution in [-0.2, 0) is 23.0 Å². The number of piperidine rings is 1. The van der Waals surface area contributed by atoms with E-state index in [1.807, 2.05) is 37.3 Å². The zero-order valence-electron chi connectivity index (χ0n) is 20.7. The van der Waals surface area contributed by atoms with Gasteiger partial charge in [-0.05, 0) is 61.1 Å². The average Bonchev–Trinajstić information content (AvgIpc) is 3.31. The molecule has 2 unspecified atom stereocenters. The Bertz CT molecular complexity index is 1410. The Kier molecular flexibility index (Phi) is 6.06. The molecule has 1 fully saturated rings. The molecule has 2 aliphatic heterocycles. The van der Waals surface area contributed by atoms with Crippen molar-refractivity contribution < 1.29 is 8.42 Å². The lowest BCUT2D eigenvalue weighted by Gasteiger charge is -2.40. The molecular weight excluding hydrogens is 464 g/mol. The van der Waals surface area contributed by atoms with Crippen molar-refractivity contribution >= 4 is 15.7 Å². The highest BCUT2D eigenvalue weighted by Crippen LogP contribution is 2.45. The largest absolute Gasteiger partial charge is 0.298 e. The van der Waals surface area contributed by atoms with Crippen molar-refractivity contribution in [2.24, 2.45) is 5.92 Å². The van der Waals surface area contributed by atoms with Crippen LogP contribution < -0.4 is 4.31 Å². The Morgan fingerprint density at radius 1 is 0.861 bits per heavy atom. The van der Waals surface area contributed by atoms with Crippen LogP contribution in [0.1, 0.15) is 29.5 Å². The Morgan fingerprint density at radius 3 is 2.31 bits per heavy atom. The molecule has 0 radical (unpaired) electrons. The molecule has 1 saturated heterocycles. The second-order valence-electron chi connectivity index (χ2n) is 10.2. The predicted molar refractivity (Wildman–Crippen MR) is 145 cm³/mol. The summed E-state index contributed by atoms with van der Waals surface area (Å²) < 4.78 is 29.6. The molecule has 1 aliphatic carbocycles. The maximum Gasteiger partial charge on any atom is 0.264 e. The molecule has 0 spiro atoms. The summed E-state index contributed by atoms with van der Waals surface area (Å²) in [4.78, 5) is 2.88. The maximum atomic E-state index is 14.0. The minimum Gasteiger partial charge on any atom is -0.298 e. The van der Waals surface area contributed by atoms with Crippen molar-refractivity contribution in [1.82, 2.24) is 4.90 Å². The molecule has 4 nitrogen and oxygen atoms in total. The summed E-state index contributed by atoms with van der Waals surface area (Å²) in [6.07, 6.45) is 7.32.